The van der Waals surface area contributed by atoms with Gasteiger partial charge in [0.05, 0.1) is 0 Å². The number of rotatable bonds is 5. The first kappa shape index (κ1) is 13.3. The zero-order valence-corrected chi connectivity index (χ0v) is 10.3. The molecule has 0 bridgehead atoms. The number of carbonyl (C=O) groups excluding carboxylic acids is 2. The molecule has 0 amide bonds. The fourth-order valence-electron chi connectivity index (χ4n) is 0.992. The third kappa shape index (κ3) is 5.98. The Bertz CT molecular complexity index is 306. The summed E-state index contributed by atoms with van der Waals surface area (Å²) in [6.45, 7) is 1.59. The highest BCUT2D eigenvalue weighted by Crippen LogP contribution is 2.23. The molecule has 1 aliphatic carbocycles. The molecule has 1 rings (SSSR count). The number of ether oxygens (including phenoxy) is 2. The molecule has 0 aliphatic heterocycles. The van der Waals surface area contributed by atoms with Crippen molar-refractivity contribution in [2.24, 2.45) is 0 Å². The molecule has 1 unspecified atom stereocenters. The second-order valence-corrected chi connectivity index (χ2v) is 4.53. The Labute approximate surface area is 103 Å². The maximum atomic E-state index is 11.2. The highest BCUT2D eigenvalue weighted by atomic mass is 35.5. The number of carbonyl (C=O) groups is 2. The van der Waals surface area contributed by atoms with Crippen molar-refractivity contribution in [1.82, 2.24) is 0 Å². The van der Waals surface area contributed by atoms with E-state index in [1.165, 1.54) is 6.08 Å². The van der Waals surface area contributed by atoms with E-state index in [0.29, 0.717) is 0 Å². The van der Waals surface area contributed by atoms with Crippen molar-refractivity contribution in [3.63, 3.8) is 0 Å². The molecule has 0 N–H and O–H groups in total. The minimum absolute atomic E-state index is 0.00472. The van der Waals surface area contributed by atoms with Crippen LogP contribution in [0.4, 0.5) is 0 Å². The Morgan fingerprint density at radius 2 is 2.00 bits per heavy atom. The minimum atomic E-state index is -0.649. The molecule has 4 nitrogen and oxygen atoms in total. The monoisotopic (exact) mass is 266 g/mol. The van der Waals surface area contributed by atoms with E-state index in [-0.39, 0.29) is 17.0 Å². The van der Waals surface area contributed by atoms with Gasteiger partial charge in [0.1, 0.15) is 23.1 Å². The summed E-state index contributed by atoms with van der Waals surface area (Å²) >= 11 is 10.8. The van der Waals surface area contributed by atoms with Crippen LogP contribution in [0.3, 0.4) is 0 Å². The SMILES string of the molecule is CC(C=C(Cl)Cl)OC(=O)CC(=O)OC1CC1. The first-order chi connectivity index (χ1) is 7.47. The zero-order valence-electron chi connectivity index (χ0n) is 8.74. The summed E-state index contributed by atoms with van der Waals surface area (Å²) in [5.41, 5.74) is 0. The lowest BCUT2D eigenvalue weighted by Crippen LogP contribution is -2.18. The number of hydrogen-bond acceptors (Lipinski definition) is 4. The molecule has 90 valence electrons. The molecule has 0 radical (unpaired) electrons. The molecule has 1 aliphatic rings. The Balaban J connectivity index is 2.23. The molecule has 0 aromatic carbocycles. The predicted molar refractivity (Wildman–Crippen MR) is 59.1 cm³/mol. The normalized spacial score (nSPS) is 16.2. The molecule has 6 heteroatoms. The third-order valence-electron chi connectivity index (χ3n) is 1.79. The fraction of sp³-hybridized carbons (Fsp3) is 0.600. The molecule has 1 saturated carbocycles. The lowest BCUT2D eigenvalue weighted by molar-refractivity contribution is -0.156. The van der Waals surface area contributed by atoms with E-state index in [1.54, 1.807) is 6.92 Å². The van der Waals surface area contributed by atoms with Crippen LogP contribution in [0.1, 0.15) is 26.2 Å². The van der Waals surface area contributed by atoms with Gasteiger partial charge in [-0.2, -0.15) is 0 Å². The average molecular weight is 267 g/mol. The molecule has 16 heavy (non-hydrogen) atoms. The summed E-state index contributed by atoms with van der Waals surface area (Å²) in [7, 11) is 0. The van der Waals surface area contributed by atoms with Crippen LogP contribution in [0.5, 0.6) is 0 Å². The fourth-order valence-corrected chi connectivity index (χ4v) is 1.35. The Morgan fingerprint density at radius 1 is 1.38 bits per heavy atom. The van der Waals surface area contributed by atoms with Gasteiger partial charge in [-0.3, -0.25) is 9.59 Å². The van der Waals surface area contributed by atoms with Gasteiger partial charge in [-0.25, -0.2) is 0 Å². The van der Waals surface area contributed by atoms with Crippen LogP contribution in [-0.2, 0) is 19.1 Å². The van der Waals surface area contributed by atoms with Gasteiger partial charge < -0.3 is 9.47 Å². The first-order valence-corrected chi connectivity index (χ1v) is 5.64. The van der Waals surface area contributed by atoms with Crippen molar-refractivity contribution < 1.29 is 19.1 Å². The summed E-state index contributed by atoms with van der Waals surface area (Å²) in [4.78, 5) is 22.3. The van der Waals surface area contributed by atoms with Crippen molar-refractivity contribution >= 4 is 35.1 Å². The number of esters is 2. The summed E-state index contributed by atoms with van der Waals surface area (Å²) in [6.07, 6.45) is 2.16. The van der Waals surface area contributed by atoms with E-state index >= 15 is 0 Å². The second kappa shape index (κ2) is 6.11. The van der Waals surface area contributed by atoms with Crippen molar-refractivity contribution in [2.75, 3.05) is 0 Å². The first-order valence-electron chi connectivity index (χ1n) is 4.89. The van der Waals surface area contributed by atoms with Gasteiger partial charge in [0, 0.05) is 0 Å². The van der Waals surface area contributed by atoms with Gasteiger partial charge in [-0.15, -0.1) is 0 Å². The molecule has 0 aromatic rings. The smallest absolute Gasteiger partial charge is 0.317 e. The van der Waals surface area contributed by atoms with Crippen molar-refractivity contribution in [1.29, 1.82) is 0 Å². The van der Waals surface area contributed by atoms with Crippen LogP contribution in [-0.4, -0.2) is 24.1 Å². The molecular formula is C10H12Cl2O4. The van der Waals surface area contributed by atoms with E-state index in [1.807, 2.05) is 0 Å². The van der Waals surface area contributed by atoms with E-state index < -0.39 is 18.0 Å². The van der Waals surface area contributed by atoms with Crippen molar-refractivity contribution in [3.8, 4) is 0 Å². The van der Waals surface area contributed by atoms with Gasteiger partial charge in [0.2, 0.25) is 0 Å². The zero-order chi connectivity index (χ0) is 12.1. The van der Waals surface area contributed by atoms with E-state index in [0.717, 1.165) is 12.8 Å². The molecule has 0 saturated heterocycles. The van der Waals surface area contributed by atoms with Crippen LogP contribution in [0.15, 0.2) is 10.6 Å². The third-order valence-corrected chi connectivity index (χ3v) is 2.04. The van der Waals surface area contributed by atoms with E-state index in [4.69, 9.17) is 32.7 Å². The predicted octanol–water partition coefficient (Wildman–Crippen LogP) is 2.33. The summed E-state index contributed by atoms with van der Waals surface area (Å²) < 4.78 is 9.75. The van der Waals surface area contributed by atoms with E-state index in [2.05, 4.69) is 0 Å². The van der Waals surface area contributed by atoms with Crippen molar-refractivity contribution in [2.45, 2.75) is 38.4 Å². The number of hydrogen-bond donors (Lipinski definition) is 0. The quantitative estimate of drug-likeness (QED) is 0.566. The maximum Gasteiger partial charge on any atom is 0.317 e. The molecule has 1 atom stereocenters. The second-order valence-electron chi connectivity index (χ2n) is 3.52. The highest BCUT2D eigenvalue weighted by molar-refractivity contribution is 6.55. The van der Waals surface area contributed by atoms with Crippen LogP contribution >= 0.6 is 23.2 Å². The van der Waals surface area contributed by atoms with Crippen LogP contribution in [0, 0.1) is 0 Å². The average Bonchev–Trinajstić information content (AvgIpc) is 2.84. The van der Waals surface area contributed by atoms with E-state index in [9.17, 15) is 9.59 Å². The Hall–Kier alpha value is -0.740. The van der Waals surface area contributed by atoms with Gasteiger partial charge in [0.15, 0.2) is 0 Å². The van der Waals surface area contributed by atoms with Gasteiger partial charge in [-0.1, -0.05) is 23.2 Å². The Morgan fingerprint density at radius 3 is 2.50 bits per heavy atom. The topological polar surface area (TPSA) is 52.6 Å². The molecular weight excluding hydrogens is 255 g/mol. The van der Waals surface area contributed by atoms with Gasteiger partial charge in [0.25, 0.3) is 0 Å². The molecule has 1 fully saturated rings. The standard InChI is InChI=1S/C10H12Cl2O4/c1-6(4-8(11)12)15-9(13)5-10(14)16-7-2-3-7/h4,6-7H,2-3,5H2,1H3. The number of halogens is 2. The van der Waals surface area contributed by atoms with Gasteiger partial charge >= 0.3 is 11.9 Å². The molecule has 0 aromatic heterocycles. The minimum Gasteiger partial charge on any atom is -0.462 e. The lowest BCUT2D eigenvalue weighted by Gasteiger charge is -2.08. The van der Waals surface area contributed by atoms with Crippen LogP contribution in [0.2, 0.25) is 0 Å². The van der Waals surface area contributed by atoms with Crippen LogP contribution in [0.25, 0.3) is 0 Å². The largest absolute Gasteiger partial charge is 0.462 e. The Kier molecular flexibility index (Phi) is 5.09. The molecule has 0 heterocycles. The lowest BCUT2D eigenvalue weighted by atomic mass is 10.4. The van der Waals surface area contributed by atoms with Crippen LogP contribution < -0.4 is 0 Å². The summed E-state index contributed by atoms with van der Waals surface area (Å²) in [5.74, 6) is -1.20. The summed E-state index contributed by atoms with van der Waals surface area (Å²) in [6, 6.07) is 0. The highest BCUT2D eigenvalue weighted by Gasteiger charge is 2.27. The van der Waals surface area contributed by atoms with Crippen molar-refractivity contribution in [3.05, 3.63) is 10.6 Å². The van der Waals surface area contributed by atoms with Gasteiger partial charge in [-0.05, 0) is 25.8 Å². The summed E-state index contributed by atoms with van der Waals surface area (Å²) in [5, 5.41) is 0. The molecule has 0 spiro atoms. The maximum absolute atomic E-state index is 11.2.